The molecule has 104 valence electrons. The van der Waals surface area contributed by atoms with Crippen LogP contribution in [-0.2, 0) is 0 Å². The van der Waals surface area contributed by atoms with Crippen LogP contribution in [0.5, 0.6) is 0 Å². The summed E-state index contributed by atoms with van der Waals surface area (Å²) in [5.41, 5.74) is 8.70. The van der Waals surface area contributed by atoms with Crippen LogP contribution in [0, 0.1) is 0 Å². The fourth-order valence-electron chi connectivity index (χ4n) is 2.06. The van der Waals surface area contributed by atoms with Crippen LogP contribution in [0.1, 0.15) is 10.4 Å². The molecule has 0 saturated carbocycles. The van der Waals surface area contributed by atoms with Gasteiger partial charge in [0.1, 0.15) is 0 Å². The summed E-state index contributed by atoms with van der Waals surface area (Å²) in [7, 11) is 5.58. The number of anilines is 3. The predicted octanol–water partition coefficient (Wildman–Crippen LogP) is 2.61. The Balaban J connectivity index is 2.41. The van der Waals surface area contributed by atoms with Gasteiger partial charge >= 0.3 is 0 Å². The van der Waals surface area contributed by atoms with Gasteiger partial charge in [-0.05, 0) is 30.3 Å². The van der Waals surface area contributed by atoms with Crippen LogP contribution in [-0.4, -0.2) is 27.1 Å². The van der Waals surface area contributed by atoms with Crippen molar-refractivity contribution in [1.82, 2.24) is 0 Å². The van der Waals surface area contributed by atoms with Crippen molar-refractivity contribution in [2.24, 2.45) is 0 Å². The summed E-state index contributed by atoms with van der Waals surface area (Å²) in [5, 5.41) is 0. The van der Waals surface area contributed by atoms with E-state index in [-0.39, 0.29) is 5.91 Å². The number of carbonyl (C=O) groups is 1. The van der Waals surface area contributed by atoms with E-state index in [0.717, 1.165) is 11.4 Å². The first-order chi connectivity index (χ1) is 9.50. The molecular formula is C16H19N3O. The summed E-state index contributed by atoms with van der Waals surface area (Å²) in [4.78, 5) is 16.2. The minimum atomic E-state index is -0.0767. The van der Waals surface area contributed by atoms with E-state index >= 15 is 0 Å². The Labute approximate surface area is 119 Å². The molecule has 0 saturated heterocycles. The lowest BCUT2D eigenvalue weighted by Gasteiger charge is -2.22. The smallest absolute Gasteiger partial charge is 0.260 e. The van der Waals surface area contributed by atoms with Crippen molar-refractivity contribution in [2.45, 2.75) is 0 Å². The Hall–Kier alpha value is -2.49. The summed E-state index contributed by atoms with van der Waals surface area (Å²) in [6, 6.07) is 14.9. The van der Waals surface area contributed by atoms with Crippen molar-refractivity contribution in [1.29, 1.82) is 0 Å². The van der Waals surface area contributed by atoms with Crippen LogP contribution in [0.25, 0.3) is 0 Å². The number of benzene rings is 2. The van der Waals surface area contributed by atoms with Gasteiger partial charge in [-0.1, -0.05) is 18.2 Å². The third-order valence-electron chi connectivity index (χ3n) is 3.18. The minimum absolute atomic E-state index is 0.0767. The number of para-hydroxylation sites is 1. The summed E-state index contributed by atoms with van der Waals surface area (Å²) >= 11 is 0. The molecule has 0 unspecified atom stereocenters. The number of carbonyl (C=O) groups excluding carboxylic acids is 1. The second-order valence-corrected chi connectivity index (χ2v) is 4.87. The number of hydrogen-bond acceptors (Lipinski definition) is 3. The van der Waals surface area contributed by atoms with Gasteiger partial charge in [-0.15, -0.1) is 0 Å². The normalized spacial score (nSPS) is 10.2. The summed E-state index contributed by atoms with van der Waals surface area (Å²) < 4.78 is 0. The summed E-state index contributed by atoms with van der Waals surface area (Å²) in [6.07, 6.45) is 0. The van der Waals surface area contributed by atoms with Gasteiger partial charge < -0.3 is 15.5 Å². The number of nitrogen functional groups attached to an aromatic ring is 1. The number of hydrogen-bond donors (Lipinski definition) is 1. The molecule has 0 radical (unpaired) electrons. The molecule has 0 aliphatic rings. The lowest BCUT2D eigenvalue weighted by Crippen LogP contribution is -2.28. The molecule has 1 amide bonds. The average Bonchev–Trinajstić information content (AvgIpc) is 2.46. The molecule has 0 atom stereocenters. The molecule has 0 heterocycles. The van der Waals surface area contributed by atoms with Crippen LogP contribution in [0.15, 0.2) is 48.5 Å². The molecule has 2 N–H and O–H groups in total. The van der Waals surface area contributed by atoms with E-state index in [1.54, 1.807) is 24.1 Å². The highest BCUT2D eigenvalue weighted by Crippen LogP contribution is 2.24. The Morgan fingerprint density at radius 1 is 1.00 bits per heavy atom. The highest BCUT2D eigenvalue weighted by atomic mass is 16.2. The van der Waals surface area contributed by atoms with Gasteiger partial charge in [0, 0.05) is 38.2 Å². The second-order valence-electron chi connectivity index (χ2n) is 4.87. The van der Waals surface area contributed by atoms with Crippen molar-refractivity contribution in [2.75, 3.05) is 36.7 Å². The molecule has 0 bridgehead atoms. The number of nitrogens with two attached hydrogens (primary N) is 1. The molecule has 0 spiro atoms. The third kappa shape index (κ3) is 2.74. The van der Waals surface area contributed by atoms with Gasteiger partial charge in [-0.3, -0.25) is 4.79 Å². The zero-order chi connectivity index (χ0) is 14.7. The second kappa shape index (κ2) is 5.65. The van der Waals surface area contributed by atoms with E-state index in [1.165, 1.54) is 0 Å². The van der Waals surface area contributed by atoms with E-state index in [0.29, 0.717) is 11.3 Å². The van der Waals surface area contributed by atoms with Gasteiger partial charge in [-0.2, -0.15) is 0 Å². The zero-order valence-electron chi connectivity index (χ0n) is 12.0. The minimum Gasteiger partial charge on any atom is -0.399 e. The van der Waals surface area contributed by atoms with Crippen molar-refractivity contribution in [3.05, 3.63) is 54.1 Å². The largest absolute Gasteiger partial charge is 0.399 e. The maximum absolute atomic E-state index is 12.7. The first-order valence-corrected chi connectivity index (χ1v) is 6.40. The van der Waals surface area contributed by atoms with Crippen LogP contribution >= 0.6 is 0 Å². The van der Waals surface area contributed by atoms with Crippen molar-refractivity contribution < 1.29 is 4.79 Å². The SMILES string of the molecule is CN(C)c1ccc(N)cc1C(=O)N(C)c1ccccc1. The molecule has 2 rings (SSSR count). The zero-order valence-corrected chi connectivity index (χ0v) is 12.0. The van der Waals surface area contributed by atoms with E-state index in [4.69, 9.17) is 5.73 Å². The Morgan fingerprint density at radius 2 is 1.65 bits per heavy atom. The van der Waals surface area contributed by atoms with Crippen LogP contribution in [0.3, 0.4) is 0 Å². The van der Waals surface area contributed by atoms with Gasteiger partial charge in [0.15, 0.2) is 0 Å². The molecule has 2 aromatic carbocycles. The molecule has 4 nitrogen and oxygen atoms in total. The van der Waals surface area contributed by atoms with Crippen LogP contribution < -0.4 is 15.5 Å². The monoisotopic (exact) mass is 269 g/mol. The van der Waals surface area contributed by atoms with Crippen LogP contribution in [0.2, 0.25) is 0 Å². The maximum atomic E-state index is 12.7. The topological polar surface area (TPSA) is 49.6 Å². The molecule has 2 aromatic rings. The van der Waals surface area contributed by atoms with Crippen LogP contribution in [0.4, 0.5) is 17.1 Å². The number of nitrogens with zero attached hydrogens (tertiary/aromatic N) is 2. The standard InChI is InChI=1S/C16H19N3O/c1-18(2)15-10-9-12(17)11-14(15)16(20)19(3)13-7-5-4-6-8-13/h4-11H,17H2,1-3H3. The third-order valence-corrected chi connectivity index (χ3v) is 3.18. The maximum Gasteiger partial charge on any atom is 0.260 e. The Kier molecular flexibility index (Phi) is 3.94. The average molecular weight is 269 g/mol. The van der Waals surface area contributed by atoms with E-state index < -0.39 is 0 Å². The van der Waals surface area contributed by atoms with E-state index in [2.05, 4.69) is 0 Å². The van der Waals surface area contributed by atoms with Gasteiger partial charge in [0.2, 0.25) is 0 Å². The molecule has 4 heteroatoms. The molecule has 0 aromatic heterocycles. The molecule has 0 aliphatic carbocycles. The lowest BCUT2D eigenvalue weighted by atomic mass is 10.1. The summed E-state index contributed by atoms with van der Waals surface area (Å²) in [5.74, 6) is -0.0767. The highest BCUT2D eigenvalue weighted by Gasteiger charge is 2.18. The van der Waals surface area contributed by atoms with E-state index in [9.17, 15) is 4.79 Å². The Morgan fingerprint density at radius 3 is 2.25 bits per heavy atom. The first kappa shape index (κ1) is 13.9. The molecule has 20 heavy (non-hydrogen) atoms. The quantitative estimate of drug-likeness (QED) is 0.871. The number of amides is 1. The summed E-state index contributed by atoms with van der Waals surface area (Å²) in [6.45, 7) is 0. The fraction of sp³-hybridized carbons (Fsp3) is 0.188. The van der Waals surface area contributed by atoms with E-state index in [1.807, 2.05) is 55.4 Å². The number of rotatable bonds is 3. The lowest BCUT2D eigenvalue weighted by molar-refractivity contribution is 0.0993. The van der Waals surface area contributed by atoms with Gasteiger partial charge in [-0.25, -0.2) is 0 Å². The fourth-order valence-corrected chi connectivity index (χ4v) is 2.06. The van der Waals surface area contributed by atoms with Gasteiger partial charge in [0.25, 0.3) is 5.91 Å². The molecular weight excluding hydrogens is 250 g/mol. The molecule has 0 fully saturated rings. The Bertz CT molecular complexity index is 608. The molecule has 0 aliphatic heterocycles. The van der Waals surface area contributed by atoms with Crippen molar-refractivity contribution in [3.8, 4) is 0 Å². The highest BCUT2D eigenvalue weighted by molar-refractivity contribution is 6.09. The van der Waals surface area contributed by atoms with Gasteiger partial charge in [0.05, 0.1) is 5.56 Å². The first-order valence-electron chi connectivity index (χ1n) is 6.40. The van der Waals surface area contributed by atoms with Crippen molar-refractivity contribution >= 4 is 23.0 Å². The predicted molar refractivity (Wildman–Crippen MR) is 84.4 cm³/mol. The van der Waals surface area contributed by atoms with Crippen molar-refractivity contribution in [3.63, 3.8) is 0 Å².